The Hall–Kier alpha value is -9.18. The molecule has 322 valence electrons. The van der Waals surface area contributed by atoms with Gasteiger partial charge in [-0.1, -0.05) is 200 Å². The maximum Gasteiger partial charge on any atom is 0.143 e. The van der Waals surface area contributed by atoms with Crippen molar-refractivity contribution >= 4 is 93.3 Å². The normalized spacial score (nSPS) is 11.8. The molecule has 0 N–H and O–H groups in total. The van der Waals surface area contributed by atoms with E-state index in [0.717, 1.165) is 105 Å². The lowest BCUT2D eigenvalue weighted by molar-refractivity contribution is 0.670. The molecule has 12 aromatic carbocycles. The fourth-order valence-electron chi connectivity index (χ4n) is 10.8. The van der Waals surface area contributed by atoms with Gasteiger partial charge in [-0.15, -0.1) is 0 Å². The standard InChI is InChI=1S/C66H41NO2/c1-2-13-42(14-3-1)52-38-33-47(51-20-10-23-56-50-17-6-4-15-43(50)31-39-57(51)56)41-61(52)67(49-36-29-46(30-37-49)55-22-11-24-59-58-19-8-9-25-62(58)68-65(55)59)48-34-27-45(28-35-48)53-21-12-26-63-64(53)60-40-32-44-16-5-7-18-54(44)66(60)69-63/h1-41H. The van der Waals surface area contributed by atoms with Gasteiger partial charge in [0.15, 0.2) is 0 Å². The number of para-hydroxylation sites is 2. The van der Waals surface area contributed by atoms with Gasteiger partial charge >= 0.3 is 0 Å². The molecule has 2 heterocycles. The van der Waals surface area contributed by atoms with E-state index in [1.165, 1.54) is 32.5 Å². The van der Waals surface area contributed by atoms with Crippen LogP contribution in [0.15, 0.2) is 258 Å². The van der Waals surface area contributed by atoms with Crippen molar-refractivity contribution < 1.29 is 8.83 Å². The molecule has 0 aliphatic carbocycles. The number of benzene rings is 12. The molecule has 3 heteroatoms. The third kappa shape index (κ3) is 6.36. The average molecular weight is 880 g/mol. The second-order valence-electron chi connectivity index (χ2n) is 17.9. The van der Waals surface area contributed by atoms with Crippen LogP contribution in [0.4, 0.5) is 17.1 Å². The molecule has 0 atom stereocenters. The summed E-state index contributed by atoms with van der Waals surface area (Å²) < 4.78 is 13.1. The van der Waals surface area contributed by atoms with Crippen LogP contribution < -0.4 is 4.90 Å². The molecule has 0 aliphatic rings. The SMILES string of the molecule is c1ccc(-c2ccc(-c3cccc4c3ccc3ccccc34)cc2N(c2ccc(-c3cccc4c3oc3ccccc34)cc2)c2ccc(-c3cccc4oc5c6ccccc6ccc5c34)cc2)cc1. The monoisotopic (exact) mass is 879 g/mol. The molecular weight excluding hydrogens is 839 g/mol. The van der Waals surface area contributed by atoms with Crippen molar-refractivity contribution in [2.75, 3.05) is 4.90 Å². The van der Waals surface area contributed by atoms with E-state index in [-0.39, 0.29) is 0 Å². The molecule has 69 heavy (non-hydrogen) atoms. The highest BCUT2D eigenvalue weighted by atomic mass is 16.3. The minimum Gasteiger partial charge on any atom is -0.455 e. The van der Waals surface area contributed by atoms with Gasteiger partial charge in [0, 0.05) is 49.4 Å². The zero-order valence-corrected chi connectivity index (χ0v) is 37.4. The minimum absolute atomic E-state index is 0.883. The van der Waals surface area contributed by atoms with Crippen LogP contribution in [-0.2, 0) is 0 Å². The lowest BCUT2D eigenvalue weighted by atomic mass is 9.92. The lowest BCUT2D eigenvalue weighted by Gasteiger charge is -2.29. The lowest BCUT2D eigenvalue weighted by Crippen LogP contribution is -2.11. The smallest absolute Gasteiger partial charge is 0.143 e. The molecule has 0 bridgehead atoms. The quantitative estimate of drug-likeness (QED) is 0.149. The van der Waals surface area contributed by atoms with Crippen molar-refractivity contribution in [1.82, 2.24) is 0 Å². The van der Waals surface area contributed by atoms with Crippen LogP contribution in [0.2, 0.25) is 0 Å². The molecule has 3 nitrogen and oxygen atoms in total. The Bertz CT molecular complexity index is 4290. The fraction of sp³-hybridized carbons (Fsp3) is 0. The van der Waals surface area contributed by atoms with Gasteiger partial charge in [-0.25, -0.2) is 0 Å². The molecule has 0 saturated heterocycles. The molecular formula is C66H41NO2. The molecule has 2 aromatic heterocycles. The molecule has 0 fully saturated rings. The molecule has 0 amide bonds. The average Bonchev–Trinajstić information content (AvgIpc) is 4.01. The summed E-state index contributed by atoms with van der Waals surface area (Å²) in [7, 11) is 0. The van der Waals surface area contributed by atoms with E-state index < -0.39 is 0 Å². The molecule has 14 aromatic rings. The summed E-state index contributed by atoms with van der Waals surface area (Å²) >= 11 is 0. The van der Waals surface area contributed by atoms with Crippen LogP contribution >= 0.6 is 0 Å². The molecule has 0 radical (unpaired) electrons. The summed E-state index contributed by atoms with van der Waals surface area (Å²) in [6, 6.07) is 89.6. The Labute approximate surface area is 398 Å². The Morgan fingerprint density at radius 2 is 0.797 bits per heavy atom. The van der Waals surface area contributed by atoms with Crippen LogP contribution in [0.25, 0.3) is 121 Å². The Kier molecular flexibility index (Phi) is 8.90. The van der Waals surface area contributed by atoms with Crippen LogP contribution in [0, 0.1) is 0 Å². The zero-order chi connectivity index (χ0) is 45.4. The maximum atomic E-state index is 6.62. The fourth-order valence-corrected chi connectivity index (χ4v) is 10.8. The van der Waals surface area contributed by atoms with Crippen LogP contribution in [0.3, 0.4) is 0 Å². The number of hydrogen-bond acceptors (Lipinski definition) is 3. The Morgan fingerprint density at radius 3 is 1.58 bits per heavy atom. The van der Waals surface area contributed by atoms with Crippen molar-refractivity contribution in [2.24, 2.45) is 0 Å². The summed E-state index contributed by atoms with van der Waals surface area (Å²) in [5.41, 5.74) is 15.8. The highest BCUT2D eigenvalue weighted by Crippen LogP contribution is 2.47. The van der Waals surface area contributed by atoms with Crippen molar-refractivity contribution in [3.05, 3.63) is 249 Å². The largest absolute Gasteiger partial charge is 0.455 e. The number of fused-ring (bicyclic) bond motifs is 11. The van der Waals surface area contributed by atoms with E-state index in [4.69, 9.17) is 8.83 Å². The van der Waals surface area contributed by atoms with E-state index in [1.54, 1.807) is 0 Å². The third-order valence-corrected chi connectivity index (χ3v) is 14.1. The van der Waals surface area contributed by atoms with Crippen molar-refractivity contribution in [1.29, 1.82) is 0 Å². The first-order chi connectivity index (χ1) is 34.2. The molecule has 0 unspecified atom stereocenters. The van der Waals surface area contributed by atoms with E-state index >= 15 is 0 Å². The zero-order valence-electron chi connectivity index (χ0n) is 37.4. The number of anilines is 3. The second-order valence-corrected chi connectivity index (χ2v) is 17.9. The summed E-state index contributed by atoms with van der Waals surface area (Å²) in [4.78, 5) is 2.42. The molecule has 0 saturated carbocycles. The van der Waals surface area contributed by atoms with Gasteiger partial charge in [0.2, 0.25) is 0 Å². The van der Waals surface area contributed by atoms with Gasteiger partial charge in [-0.3, -0.25) is 0 Å². The summed E-state index contributed by atoms with van der Waals surface area (Å²) in [5, 5.41) is 11.7. The van der Waals surface area contributed by atoms with Crippen molar-refractivity contribution in [3.63, 3.8) is 0 Å². The minimum atomic E-state index is 0.883. The summed E-state index contributed by atoms with van der Waals surface area (Å²) in [6.07, 6.45) is 0. The van der Waals surface area contributed by atoms with Gasteiger partial charge in [0.25, 0.3) is 0 Å². The highest BCUT2D eigenvalue weighted by molar-refractivity contribution is 6.19. The molecule has 0 spiro atoms. The van der Waals surface area contributed by atoms with Crippen LogP contribution in [0.1, 0.15) is 0 Å². The van der Waals surface area contributed by atoms with E-state index in [0.29, 0.717) is 0 Å². The first kappa shape index (κ1) is 39.0. The van der Waals surface area contributed by atoms with E-state index in [2.05, 4.69) is 241 Å². The van der Waals surface area contributed by atoms with Crippen molar-refractivity contribution in [2.45, 2.75) is 0 Å². The number of hydrogen-bond donors (Lipinski definition) is 0. The third-order valence-electron chi connectivity index (χ3n) is 14.1. The maximum absolute atomic E-state index is 6.62. The number of furan rings is 2. The van der Waals surface area contributed by atoms with Gasteiger partial charge in [0.1, 0.15) is 22.3 Å². The topological polar surface area (TPSA) is 29.5 Å². The first-order valence-electron chi connectivity index (χ1n) is 23.6. The Morgan fingerprint density at radius 1 is 0.261 bits per heavy atom. The predicted molar refractivity (Wildman–Crippen MR) is 290 cm³/mol. The second kappa shape index (κ2) is 15.7. The summed E-state index contributed by atoms with van der Waals surface area (Å²) in [6.45, 7) is 0. The molecule has 0 aliphatic heterocycles. The van der Waals surface area contributed by atoms with E-state index in [9.17, 15) is 0 Å². The van der Waals surface area contributed by atoms with Crippen LogP contribution in [0.5, 0.6) is 0 Å². The van der Waals surface area contributed by atoms with Gasteiger partial charge in [-0.05, 0) is 109 Å². The summed E-state index contributed by atoms with van der Waals surface area (Å²) in [5.74, 6) is 0. The van der Waals surface area contributed by atoms with E-state index in [1.807, 2.05) is 12.1 Å². The van der Waals surface area contributed by atoms with Gasteiger partial charge in [0.05, 0.1) is 5.69 Å². The van der Waals surface area contributed by atoms with Gasteiger partial charge in [-0.2, -0.15) is 0 Å². The highest BCUT2D eigenvalue weighted by Gasteiger charge is 2.22. The molecule has 14 rings (SSSR count). The van der Waals surface area contributed by atoms with Crippen LogP contribution in [-0.4, -0.2) is 0 Å². The first-order valence-corrected chi connectivity index (χ1v) is 23.6. The van der Waals surface area contributed by atoms with Crippen molar-refractivity contribution in [3.8, 4) is 44.5 Å². The number of rotatable bonds is 7. The Balaban J connectivity index is 0.961. The van der Waals surface area contributed by atoms with Gasteiger partial charge < -0.3 is 13.7 Å². The predicted octanol–water partition coefficient (Wildman–Crippen LogP) is 19.1. The number of nitrogens with zero attached hydrogens (tertiary/aromatic N) is 1.